The third kappa shape index (κ3) is 14.5. The first kappa shape index (κ1) is 53.6. The molecule has 2 bridgehead atoms. The van der Waals surface area contributed by atoms with Crippen LogP contribution in [0.4, 0.5) is 0 Å². The standard InChI is InChI=1S/C51H81NO12/c1-31-16-12-11-13-17-33(3)43(60-8)29-39-21-19-37(7)51(59,64-39)48(56)49(57)52-23-15-14-18-40(52)50(58)63-44(35(5)27-38-20-22-41(53)45(28-38)61-9)30-42(54)34(4)26-36(6)47(55)46(62-10)25-32(2)24-31/h11-13,16-17,26,31-32,35-41,43-47,53,55,59H,14-15,18-25,27-30H2,1-10H3/b13-11?,16-12?,33-17?,34-26+/t31-,32-,35-,36?,37-,38+,39?,40+,41-,43+,44+,45-,46+,47-,51-/m1/s1. The van der Waals surface area contributed by atoms with Crippen molar-refractivity contribution in [3.63, 3.8) is 0 Å². The number of rotatable bonds is 6. The van der Waals surface area contributed by atoms with E-state index in [9.17, 15) is 34.5 Å². The van der Waals surface area contributed by atoms with Gasteiger partial charge >= 0.3 is 5.97 Å². The number of carbonyl (C=O) groups excluding carboxylic acids is 4. The van der Waals surface area contributed by atoms with E-state index in [1.165, 1.54) is 4.90 Å². The van der Waals surface area contributed by atoms with Crippen molar-refractivity contribution in [3.8, 4) is 0 Å². The van der Waals surface area contributed by atoms with E-state index in [1.807, 2.05) is 45.1 Å². The predicted octanol–water partition coefficient (Wildman–Crippen LogP) is 7.00. The third-order valence-electron chi connectivity index (χ3n) is 14.5. The molecule has 3 aliphatic heterocycles. The molecule has 0 aromatic carbocycles. The minimum absolute atomic E-state index is 0.112. The van der Waals surface area contributed by atoms with E-state index in [2.05, 4.69) is 19.9 Å². The zero-order chi connectivity index (χ0) is 47.3. The molecule has 0 aromatic heterocycles. The highest BCUT2D eigenvalue weighted by Crippen LogP contribution is 2.38. The number of hydrogen-bond donors (Lipinski definition) is 3. The van der Waals surface area contributed by atoms with Gasteiger partial charge in [-0.15, -0.1) is 0 Å². The minimum Gasteiger partial charge on any atom is -0.460 e. The Balaban J connectivity index is 1.68. The van der Waals surface area contributed by atoms with Crippen LogP contribution in [0.25, 0.3) is 0 Å². The molecule has 2 saturated heterocycles. The van der Waals surface area contributed by atoms with Crippen molar-refractivity contribution >= 4 is 23.4 Å². The van der Waals surface area contributed by atoms with Crippen molar-refractivity contribution in [2.24, 2.45) is 35.5 Å². The van der Waals surface area contributed by atoms with Gasteiger partial charge in [-0.25, -0.2) is 4.79 Å². The van der Waals surface area contributed by atoms with Gasteiger partial charge in [-0.3, -0.25) is 14.4 Å². The Hall–Kier alpha value is -3.04. The van der Waals surface area contributed by atoms with E-state index in [0.29, 0.717) is 63.4 Å². The number of carbonyl (C=O) groups is 4. The smallest absolute Gasteiger partial charge is 0.329 e. The van der Waals surface area contributed by atoms with E-state index in [-0.39, 0.29) is 61.0 Å². The molecular weight excluding hydrogens is 819 g/mol. The summed E-state index contributed by atoms with van der Waals surface area (Å²) in [5.74, 6) is -6.25. The number of allylic oxidation sites excluding steroid dienone is 6. The summed E-state index contributed by atoms with van der Waals surface area (Å²) in [6.45, 7) is 13.6. The third-order valence-corrected chi connectivity index (χ3v) is 14.5. The van der Waals surface area contributed by atoms with Crippen LogP contribution in [0.3, 0.4) is 0 Å². The van der Waals surface area contributed by atoms with E-state index in [4.69, 9.17) is 23.7 Å². The summed E-state index contributed by atoms with van der Waals surface area (Å²) in [6, 6.07) is -1.11. The zero-order valence-electron chi connectivity index (χ0n) is 40.4. The Morgan fingerprint density at radius 1 is 0.844 bits per heavy atom. The number of ether oxygens (including phenoxy) is 5. The van der Waals surface area contributed by atoms with Gasteiger partial charge in [0.25, 0.3) is 11.7 Å². The molecular formula is C51H81NO12. The lowest BCUT2D eigenvalue weighted by atomic mass is 9.78. The summed E-state index contributed by atoms with van der Waals surface area (Å²) in [5.41, 5.74) is 1.35. The second kappa shape index (κ2) is 25.2. The highest BCUT2D eigenvalue weighted by Gasteiger charge is 2.53. The van der Waals surface area contributed by atoms with Gasteiger partial charge in [0.2, 0.25) is 5.79 Å². The van der Waals surface area contributed by atoms with Crippen LogP contribution in [-0.4, -0.2) is 126 Å². The summed E-state index contributed by atoms with van der Waals surface area (Å²) in [5, 5.41) is 33.9. The molecule has 64 heavy (non-hydrogen) atoms. The number of aliphatic hydroxyl groups is 3. The summed E-state index contributed by atoms with van der Waals surface area (Å²) in [4.78, 5) is 58.1. The van der Waals surface area contributed by atoms with Crippen LogP contribution < -0.4 is 0 Å². The van der Waals surface area contributed by atoms with Gasteiger partial charge in [-0.05, 0) is 119 Å². The van der Waals surface area contributed by atoms with Crippen molar-refractivity contribution in [1.29, 1.82) is 0 Å². The number of nitrogens with zero attached hydrogens (tertiary/aromatic N) is 1. The van der Waals surface area contributed by atoms with Crippen LogP contribution in [0.15, 0.2) is 47.6 Å². The van der Waals surface area contributed by atoms with Crippen molar-refractivity contribution < 1.29 is 58.2 Å². The number of aliphatic hydroxyl groups excluding tert-OH is 2. The summed E-state index contributed by atoms with van der Waals surface area (Å²) >= 11 is 0. The van der Waals surface area contributed by atoms with Crippen LogP contribution in [0.5, 0.6) is 0 Å². The molecule has 0 aromatic rings. The average Bonchev–Trinajstić information content (AvgIpc) is 3.27. The second-order valence-electron chi connectivity index (χ2n) is 19.8. The number of fused-ring (bicyclic) bond motifs is 3. The van der Waals surface area contributed by atoms with Crippen molar-refractivity contribution in [2.75, 3.05) is 27.9 Å². The molecule has 1 aliphatic carbocycles. The van der Waals surface area contributed by atoms with Crippen LogP contribution in [0, 0.1) is 35.5 Å². The number of esters is 1. The maximum atomic E-state index is 14.4. The number of methoxy groups -OCH3 is 3. The lowest BCUT2D eigenvalue weighted by Crippen LogP contribution is -2.61. The fourth-order valence-electron chi connectivity index (χ4n) is 10.3. The SMILES string of the molecule is CO[C@H]1CC2CC[C@@H](C)[C@@](O)(O2)C(=O)C(=O)N2CCCC[C@H]2C(=O)O[C@H]([C@H](C)C[C@@H]2CC[C@@H](O)[C@H](OC)C2)CC(=O)/C(C)=C/C(C)[C@@H](O)[C@@H](OC)C[C@H](C)C[C@H](C)C=CC=CC=C1C. The Labute approximate surface area is 383 Å². The molecule has 3 heterocycles. The first-order chi connectivity index (χ1) is 30.3. The number of amides is 1. The molecule has 362 valence electrons. The number of hydrogen-bond acceptors (Lipinski definition) is 12. The Morgan fingerprint density at radius 3 is 2.25 bits per heavy atom. The van der Waals surface area contributed by atoms with Gasteiger partial charge in [-0.2, -0.15) is 0 Å². The fourth-order valence-corrected chi connectivity index (χ4v) is 10.3. The topological polar surface area (TPSA) is 178 Å². The predicted molar refractivity (Wildman–Crippen MR) is 245 cm³/mol. The van der Waals surface area contributed by atoms with Crippen LogP contribution in [0.1, 0.15) is 132 Å². The molecule has 1 amide bonds. The van der Waals surface area contributed by atoms with Gasteiger partial charge in [0.1, 0.15) is 12.1 Å². The quantitative estimate of drug-likeness (QED) is 0.184. The maximum Gasteiger partial charge on any atom is 0.329 e. The van der Waals surface area contributed by atoms with Crippen molar-refractivity contribution in [1.82, 2.24) is 4.90 Å². The molecule has 4 aliphatic rings. The average molecular weight is 900 g/mol. The maximum absolute atomic E-state index is 14.4. The Morgan fingerprint density at radius 2 is 1.56 bits per heavy atom. The van der Waals surface area contributed by atoms with E-state index in [1.54, 1.807) is 41.3 Å². The Bertz CT molecular complexity index is 1670. The van der Waals surface area contributed by atoms with Crippen LogP contribution >= 0.6 is 0 Å². The minimum atomic E-state index is -2.41. The molecule has 3 fully saturated rings. The van der Waals surface area contributed by atoms with E-state index in [0.717, 1.165) is 18.4 Å². The van der Waals surface area contributed by atoms with Gasteiger partial charge in [0.15, 0.2) is 5.78 Å². The highest BCUT2D eigenvalue weighted by molar-refractivity contribution is 6.39. The van der Waals surface area contributed by atoms with Crippen molar-refractivity contribution in [2.45, 2.75) is 186 Å². The summed E-state index contributed by atoms with van der Waals surface area (Å²) < 4.78 is 29.7. The zero-order valence-corrected chi connectivity index (χ0v) is 40.4. The van der Waals surface area contributed by atoms with Gasteiger partial charge in [-0.1, -0.05) is 71.1 Å². The summed E-state index contributed by atoms with van der Waals surface area (Å²) in [7, 11) is 4.78. The molecule has 13 nitrogen and oxygen atoms in total. The lowest BCUT2D eigenvalue weighted by Gasteiger charge is -2.42. The second-order valence-corrected chi connectivity index (χ2v) is 19.8. The monoisotopic (exact) mass is 900 g/mol. The first-order valence-electron chi connectivity index (χ1n) is 24.0. The largest absolute Gasteiger partial charge is 0.460 e. The normalized spacial score (nSPS) is 39.0. The molecule has 1 saturated carbocycles. The first-order valence-corrected chi connectivity index (χ1v) is 24.0. The van der Waals surface area contributed by atoms with Gasteiger partial charge in [0, 0.05) is 52.6 Å². The molecule has 13 heteroatoms. The fraction of sp³-hybridized carbons (Fsp3) is 0.765. The van der Waals surface area contributed by atoms with Crippen LogP contribution in [-0.2, 0) is 42.9 Å². The number of cyclic esters (lactones) is 1. The molecule has 3 N–H and O–H groups in total. The highest BCUT2D eigenvalue weighted by atomic mass is 16.6. The molecule has 4 rings (SSSR count). The number of Topliss-reactive ketones (excluding diaryl/α,β-unsaturated/α-hetero) is 2. The van der Waals surface area contributed by atoms with E-state index >= 15 is 0 Å². The number of piperidine rings is 1. The molecule has 15 atom stereocenters. The van der Waals surface area contributed by atoms with Gasteiger partial charge < -0.3 is 43.9 Å². The number of ketones is 2. The van der Waals surface area contributed by atoms with Gasteiger partial charge in [0.05, 0.1) is 36.6 Å². The van der Waals surface area contributed by atoms with Crippen LogP contribution in [0.2, 0.25) is 0 Å². The molecule has 0 radical (unpaired) electrons. The molecule has 2 unspecified atom stereocenters. The molecule has 0 spiro atoms. The summed E-state index contributed by atoms with van der Waals surface area (Å²) in [6.07, 6.45) is 14.4. The van der Waals surface area contributed by atoms with Crippen molar-refractivity contribution in [3.05, 3.63) is 47.6 Å². The lowest BCUT2D eigenvalue weighted by molar-refractivity contribution is -0.265. The Kier molecular flexibility index (Phi) is 21.1. The van der Waals surface area contributed by atoms with E-state index < -0.39 is 71.8 Å².